The third kappa shape index (κ3) is 7.56. The Kier molecular flexibility index (Phi) is 10.9. The molecule has 0 unspecified atom stereocenters. The minimum Gasteiger partial charge on any atom is -0.438 e. The molecule has 1 amide bonds. The zero-order chi connectivity index (χ0) is 17.7. The molecule has 1 atom stereocenters. The first kappa shape index (κ1) is 24.8. The van der Waals surface area contributed by atoms with E-state index in [1.807, 2.05) is 13.8 Å². The molecule has 0 spiro atoms. The molecule has 3 N–H and O–H groups in total. The molecular formula is C17H21Cl4N3O2. The molecule has 0 bridgehead atoms. The molecule has 5 nitrogen and oxygen atoms in total. The summed E-state index contributed by atoms with van der Waals surface area (Å²) in [6.45, 7) is 4.05. The number of carbonyl (C=O) groups is 1. The predicted octanol–water partition coefficient (Wildman–Crippen LogP) is 5.34. The van der Waals surface area contributed by atoms with Crippen LogP contribution in [-0.2, 0) is 4.79 Å². The maximum atomic E-state index is 12.0. The maximum Gasteiger partial charge on any atom is 0.241 e. The zero-order valence-corrected chi connectivity index (χ0v) is 17.4. The summed E-state index contributed by atoms with van der Waals surface area (Å²) in [6, 6.07) is 7.87. The number of aromatic nitrogens is 1. The number of ether oxygens (including phenoxy) is 1. The van der Waals surface area contributed by atoms with Crippen molar-refractivity contribution >= 4 is 59.6 Å². The highest BCUT2D eigenvalue weighted by molar-refractivity contribution is 6.35. The van der Waals surface area contributed by atoms with Gasteiger partial charge in [-0.1, -0.05) is 37.0 Å². The lowest BCUT2D eigenvalue weighted by Crippen LogP contribution is -2.36. The molecule has 1 heterocycles. The number of nitrogens with two attached hydrogens (primary N) is 1. The van der Waals surface area contributed by atoms with Crippen LogP contribution in [0.15, 0.2) is 36.5 Å². The summed E-state index contributed by atoms with van der Waals surface area (Å²) in [5, 5.41) is 3.53. The third-order valence-electron chi connectivity index (χ3n) is 3.17. The molecule has 1 aromatic heterocycles. The fourth-order valence-electron chi connectivity index (χ4n) is 2.04. The molecule has 0 aliphatic heterocycles. The molecule has 2 aromatic rings. The van der Waals surface area contributed by atoms with Crippen LogP contribution in [0.25, 0.3) is 0 Å². The van der Waals surface area contributed by atoms with Gasteiger partial charge in [0.15, 0.2) is 0 Å². The summed E-state index contributed by atoms with van der Waals surface area (Å²) in [6.07, 6.45) is 2.08. The number of rotatable bonds is 6. The molecule has 26 heavy (non-hydrogen) atoms. The van der Waals surface area contributed by atoms with Gasteiger partial charge in [-0.2, -0.15) is 0 Å². The number of benzene rings is 1. The van der Waals surface area contributed by atoms with Crippen molar-refractivity contribution < 1.29 is 9.53 Å². The van der Waals surface area contributed by atoms with E-state index in [9.17, 15) is 4.79 Å². The largest absolute Gasteiger partial charge is 0.438 e. The van der Waals surface area contributed by atoms with E-state index < -0.39 is 6.04 Å². The highest BCUT2D eigenvalue weighted by atomic mass is 35.5. The van der Waals surface area contributed by atoms with E-state index in [4.69, 9.17) is 33.7 Å². The topological polar surface area (TPSA) is 77.2 Å². The lowest BCUT2D eigenvalue weighted by Gasteiger charge is -2.14. The average Bonchev–Trinajstić information content (AvgIpc) is 2.51. The van der Waals surface area contributed by atoms with Crippen LogP contribution in [0, 0.1) is 5.92 Å². The van der Waals surface area contributed by atoms with Gasteiger partial charge in [-0.15, -0.1) is 24.8 Å². The van der Waals surface area contributed by atoms with Crippen molar-refractivity contribution in [3.8, 4) is 11.6 Å². The highest BCUT2D eigenvalue weighted by Crippen LogP contribution is 2.29. The van der Waals surface area contributed by atoms with Crippen LogP contribution < -0.4 is 15.8 Å². The number of nitrogens with zero attached hydrogens (tertiary/aromatic N) is 1. The predicted molar refractivity (Wildman–Crippen MR) is 111 cm³/mol. The van der Waals surface area contributed by atoms with Gasteiger partial charge in [0.05, 0.1) is 11.1 Å². The van der Waals surface area contributed by atoms with Crippen molar-refractivity contribution in [3.63, 3.8) is 0 Å². The summed E-state index contributed by atoms with van der Waals surface area (Å²) in [7, 11) is 0. The third-order valence-corrected chi connectivity index (χ3v) is 3.65. The summed E-state index contributed by atoms with van der Waals surface area (Å²) in [5.74, 6) is 0.950. The molecule has 0 aliphatic carbocycles. The first-order valence-electron chi connectivity index (χ1n) is 7.50. The van der Waals surface area contributed by atoms with Crippen molar-refractivity contribution in [1.29, 1.82) is 0 Å². The Morgan fingerprint density at radius 1 is 1.23 bits per heavy atom. The molecule has 0 saturated heterocycles. The highest BCUT2D eigenvalue weighted by Gasteiger charge is 2.15. The molecule has 2 rings (SSSR count). The van der Waals surface area contributed by atoms with Crippen molar-refractivity contribution in [3.05, 3.63) is 46.6 Å². The van der Waals surface area contributed by atoms with Gasteiger partial charge in [-0.3, -0.25) is 4.79 Å². The molecule has 0 saturated carbocycles. The zero-order valence-electron chi connectivity index (χ0n) is 14.2. The smallest absolute Gasteiger partial charge is 0.241 e. The quantitative estimate of drug-likeness (QED) is 0.635. The monoisotopic (exact) mass is 439 g/mol. The molecule has 144 valence electrons. The Bertz CT molecular complexity index is 712. The lowest BCUT2D eigenvalue weighted by atomic mass is 10.0. The van der Waals surface area contributed by atoms with E-state index in [-0.39, 0.29) is 36.6 Å². The summed E-state index contributed by atoms with van der Waals surface area (Å²) >= 11 is 11.8. The normalized spacial score (nSPS) is 11.2. The van der Waals surface area contributed by atoms with E-state index in [1.165, 1.54) is 6.20 Å². The molecule has 0 aliphatic rings. The van der Waals surface area contributed by atoms with Gasteiger partial charge in [-0.05, 0) is 42.7 Å². The van der Waals surface area contributed by atoms with Crippen LogP contribution in [0.4, 0.5) is 5.69 Å². The van der Waals surface area contributed by atoms with Crippen LogP contribution in [0.1, 0.15) is 20.3 Å². The minimum absolute atomic E-state index is 0. The fraction of sp³-hybridized carbons (Fsp3) is 0.294. The van der Waals surface area contributed by atoms with Crippen LogP contribution in [0.2, 0.25) is 10.0 Å². The van der Waals surface area contributed by atoms with E-state index in [0.717, 1.165) is 0 Å². The van der Waals surface area contributed by atoms with E-state index in [2.05, 4.69) is 10.3 Å². The van der Waals surface area contributed by atoms with Gasteiger partial charge >= 0.3 is 0 Å². The lowest BCUT2D eigenvalue weighted by molar-refractivity contribution is -0.117. The Morgan fingerprint density at radius 3 is 2.38 bits per heavy atom. The Balaban J connectivity index is 0.00000312. The summed E-state index contributed by atoms with van der Waals surface area (Å²) < 4.78 is 5.59. The van der Waals surface area contributed by atoms with Crippen LogP contribution in [0.3, 0.4) is 0 Å². The van der Waals surface area contributed by atoms with Crippen LogP contribution in [-0.4, -0.2) is 16.9 Å². The summed E-state index contributed by atoms with van der Waals surface area (Å²) in [4.78, 5) is 16.0. The SMILES string of the molecule is CC(C)C[C@H](N)C(=O)Nc1ccc(Oc2ncc(Cl)cc2Cl)cc1.Cl.Cl. The van der Waals surface area contributed by atoms with Gasteiger partial charge in [0, 0.05) is 11.9 Å². The molecule has 1 aromatic carbocycles. The van der Waals surface area contributed by atoms with E-state index in [0.29, 0.717) is 33.8 Å². The number of pyridine rings is 1. The molecule has 0 radical (unpaired) electrons. The number of nitrogens with one attached hydrogen (secondary N) is 1. The first-order valence-corrected chi connectivity index (χ1v) is 8.26. The number of amides is 1. The van der Waals surface area contributed by atoms with E-state index >= 15 is 0 Å². The number of hydrogen-bond acceptors (Lipinski definition) is 4. The molecular weight excluding hydrogens is 420 g/mol. The molecule has 9 heteroatoms. The number of anilines is 1. The van der Waals surface area contributed by atoms with Crippen LogP contribution >= 0.6 is 48.0 Å². The van der Waals surface area contributed by atoms with Gasteiger partial charge < -0.3 is 15.8 Å². The maximum absolute atomic E-state index is 12.0. The second-order valence-corrected chi connectivity index (χ2v) is 6.64. The van der Waals surface area contributed by atoms with Crippen molar-refractivity contribution in [1.82, 2.24) is 4.98 Å². The Hall–Kier alpha value is -1.24. The number of hydrogen-bond donors (Lipinski definition) is 2. The van der Waals surface area contributed by atoms with Gasteiger partial charge in [0.1, 0.15) is 10.8 Å². The van der Waals surface area contributed by atoms with Gasteiger partial charge in [0.2, 0.25) is 11.8 Å². The second kappa shape index (κ2) is 11.5. The van der Waals surface area contributed by atoms with Crippen molar-refractivity contribution in [2.45, 2.75) is 26.3 Å². The Labute approximate surface area is 175 Å². The van der Waals surface area contributed by atoms with Crippen LogP contribution in [0.5, 0.6) is 11.6 Å². The number of halogens is 4. The standard InChI is InChI=1S/C17H19Cl2N3O2.2ClH/c1-10(2)7-15(20)16(23)22-12-3-5-13(6-4-12)24-17-14(19)8-11(18)9-21-17;;/h3-6,8-10,15H,7,20H2,1-2H3,(H,22,23);2*1H/t15-;;/m0../s1. The Morgan fingerprint density at radius 2 is 1.85 bits per heavy atom. The average molecular weight is 441 g/mol. The fourth-order valence-corrected chi connectivity index (χ4v) is 2.46. The van der Waals surface area contributed by atoms with E-state index in [1.54, 1.807) is 30.3 Å². The van der Waals surface area contributed by atoms with Gasteiger partial charge in [0.25, 0.3) is 0 Å². The first-order chi connectivity index (χ1) is 11.3. The van der Waals surface area contributed by atoms with Crippen molar-refractivity contribution in [2.75, 3.05) is 5.32 Å². The van der Waals surface area contributed by atoms with Gasteiger partial charge in [-0.25, -0.2) is 4.98 Å². The minimum atomic E-state index is -0.530. The number of carbonyl (C=O) groups excluding carboxylic acids is 1. The summed E-state index contributed by atoms with van der Waals surface area (Å²) in [5.41, 5.74) is 6.50. The molecule has 0 fully saturated rings. The van der Waals surface area contributed by atoms with Crippen molar-refractivity contribution in [2.24, 2.45) is 11.7 Å². The second-order valence-electron chi connectivity index (χ2n) is 5.79.